The first-order chi connectivity index (χ1) is 12.5. The number of para-hydroxylation sites is 1. The SMILES string of the molecule is C[C@H](N=C1NC(=O)[C@H](CC(=O)Nc2ccccc2Cl)S1)c1ccccc1. The molecule has 7 heteroatoms. The Labute approximate surface area is 161 Å². The number of carbonyl (C=O) groups is 2. The van der Waals surface area contributed by atoms with Crippen LogP contribution >= 0.6 is 23.4 Å². The number of anilines is 1. The second-order valence-electron chi connectivity index (χ2n) is 5.85. The van der Waals surface area contributed by atoms with Crippen LogP contribution in [0.4, 0.5) is 5.69 Å². The van der Waals surface area contributed by atoms with E-state index in [-0.39, 0.29) is 24.3 Å². The summed E-state index contributed by atoms with van der Waals surface area (Å²) in [6, 6.07) is 16.7. The van der Waals surface area contributed by atoms with E-state index in [1.165, 1.54) is 11.8 Å². The molecular formula is C19H18ClN3O2S. The fourth-order valence-electron chi connectivity index (χ4n) is 2.51. The molecule has 0 aromatic heterocycles. The maximum absolute atomic E-state index is 12.2. The standard InChI is InChI=1S/C19H18ClN3O2S/c1-12(13-7-3-2-4-8-13)21-19-23-18(25)16(26-19)11-17(24)22-15-10-6-5-9-14(15)20/h2-10,12,16H,11H2,1H3,(H,22,24)(H,21,23,25)/t12-,16-/m0/s1. The first-order valence-electron chi connectivity index (χ1n) is 8.17. The summed E-state index contributed by atoms with van der Waals surface area (Å²) >= 11 is 7.31. The number of amides is 2. The van der Waals surface area contributed by atoms with Crippen molar-refractivity contribution < 1.29 is 9.59 Å². The lowest BCUT2D eigenvalue weighted by atomic mass is 10.1. The Bertz CT molecular complexity index is 842. The molecule has 0 saturated carbocycles. The van der Waals surface area contributed by atoms with Crippen molar-refractivity contribution in [2.24, 2.45) is 4.99 Å². The average molecular weight is 388 g/mol. The van der Waals surface area contributed by atoms with E-state index >= 15 is 0 Å². The molecule has 2 amide bonds. The Hall–Kier alpha value is -2.31. The highest BCUT2D eigenvalue weighted by Crippen LogP contribution is 2.27. The fourth-order valence-corrected chi connectivity index (χ4v) is 3.75. The molecule has 0 aliphatic carbocycles. The number of rotatable bonds is 5. The smallest absolute Gasteiger partial charge is 0.240 e. The summed E-state index contributed by atoms with van der Waals surface area (Å²) in [6.07, 6.45) is 0.0560. The van der Waals surface area contributed by atoms with Gasteiger partial charge in [0.15, 0.2) is 5.17 Å². The minimum absolute atomic E-state index is 0.0560. The minimum Gasteiger partial charge on any atom is -0.325 e. The molecule has 1 fully saturated rings. The fraction of sp³-hybridized carbons (Fsp3) is 0.211. The van der Waals surface area contributed by atoms with E-state index in [0.717, 1.165) is 5.56 Å². The van der Waals surface area contributed by atoms with E-state index in [1.54, 1.807) is 24.3 Å². The number of halogens is 1. The van der Waals surface area contributed by atoms with Crippen LogP contribution in [0.2, 0.25) is 5.02 Å². The van der Waals surface area contributed by atoms with E-state index in [2.05, 4.69) is 15.6 Å². The van der Waals surface area contributed by atoms with Crippen molar-refractivity contribution in [1.29, 1.82) is 0 Å². The zero-order valence-corrected chi connectivity index (χ0v) is 15.7. The van der Waals surface area contributed by atoms with Crippen LogP contribution in [0.3, 0.4) is 0 Å². The summed E-state index contributed by atoms with van der Waals surface area (Å²) in [4.78, 5) is 28.9. The Kier molecular flexibility index (Phi) is 5.96. The van der Waals surface area contributed by atoms with E-state index in [1.807, 2.05) is 37.3 Å². The van der Waals surface area contributed by atoms with Crippen molar-refractivity contribution >= 4 is 46.0 Å². The second kappa shape index (κ2) is 8.38. The van der Waals surface area contributed by atoms with Crippen LogP contribution in [0.1, 0.15) is 24.9 Å². The van der Waals surface area contributed by atoms with Crippen molar-refractivity contribution in [3.8, 4) is 0 Å². The molecule has 1 saturated heterocycles. The molecule has 1 heterocycles. The van der Waals surface area contributed by atoms with Gasteiger partial charge >= 0.3 is 0 Å². The van der Waals surface area contributed by atoms with Crippen molar-refractivity contribution in [2.45, 2.75) is 24.6 Å². The predicted octanol–water partition coefficient (Wildman–Crippen LogP) is 4.02. The molecule has 1 aliphatic rings. The van der Waals surface area contributed by atoms with Gasteiger partial charge in [0.25, 0.3) is 0 Å². The molecule has 0 spiro atoms. The van der Waals surface area contributed by atoms with Gasteiger partial charge in [0, 0.05) is 6.42 Å². The first kappa shape index (κ1) is 18.5. The van der Waals surface area contributed by atoms with Crippen molar-refractivity contribution in [2.75, 3.05) is 5.32 Å². The molecule has 2 aromatic carbocycles. The lowest BCUT2D eigenvalue weighted by Crippen LogP contribution is -2.28. The third kappa shape index (κ3) is 4.65. The van der Waals surface area contributed by atoms with Crippen LogP contribution < -0.4 is 10.6 Å². The highest BCUT2D eigenvalue weighted by Gasteiger charge is 2.32. The van der Waals surface area contributed by atoms with Gasteiger partial charge in [0.2, 0.25) is 11.8 Å². The van der Waals surface area contributed by atoms with Gasteiger partial charge in [0.1, 0.15) is 5.25 Å². The molecule has 0 bridgehead atoms. The van der Waals surface area contributed by atoms with Crippen LogP contribution in [0.25, 0.3) is 0 Å². The average Bonchev–Trinajstić information content (AvgIpc) is 2.96. The van der Waals surface area contributed by atoms with E-state index in [4.69, 9.17) is 11.6 Å². The third-order valence-corrected chi connectivity index (χ3v) is 5.31. The molecule has 0 radical (unpaired) electrons. The number of hydrogen-bond donors (Lipinski definition) is 2. The molecule has 5 nitrogen and oxygen atoms in total. The quantitative estimate of drug-likeness (QED) is 0.814. The van der Waals surface area contributed by atoms with E-state index < -0.39 is 5.25 Å². The van der Waals surface area contributed by atoms with Gasteiger partial charge in [-0.25, -0.2) is 0 Å². The van der Waals surface area contributed by atoms with Crippen molar-refractivity contribution in [1.82, 2.24) is 5.32 Å². The van der Waals surface area contributed by atoms with E-state index in [9.17, 15) is 9.59 Å². The molecule has 3 rings (SSSR count). The number of hydrogen-bond acceptors (Lipinski definition) is 4. The first-order valence-corrected chi connectivity index (χ1v) is 9.43. The molecule has 0 unspecified atom stereocenters. The molecular weight excluding hydrogens is 370 g/mol. The molecule has 26 heavy (non-hydrogen) atoms. The highest BCUT2D eigenvalue weighted by atomic mass is 35.5. The van der Waals surface area contributed by atoms with Crippen LogP contribution in [0, 0.1) is 0 Å². The largest absolute Gasteiger partial charge is 0.325 e. The summed E-state index contributed by atoms with van der Waals surface area (Å²) < 4.78 is 0. The lowest BCUT2D eigenvalue weighted by Gasteiger charge is -2.09. The Morgan fingerprint density at radius 1 is 1.23 bits per heavy atom. The summed E-state index contributed by atoms with van der Waals surface area (Å²) in [5.41, 5.74) is 1.60. The topological polar surface area (TPSA) is 70.6 Å². The number of nitrogens with one attached hydrogen (secondary N) is 2. The van der Waals surface area contributed by atoms with Gasteiger partial charge in [-0.15, -0.1) is 0 Å². The predicted molar refractivity (Wildman–Crippen MR) is 107 cm³/mol. The summed E-state index contributed by atoms with van der Waals surface area (Å²) in [5.74, 6) is -0.466. The van der Waals surface area contributed by atoms with Gasteiger partial charge < -0.3 is 10.6 Å². The van der Waals surface area contributed by atoms with E-state index in [0.29, 0.717) is 15.9 Å². The highest BCUT2D eigenvalue weighted by molar-refractivity contribution is 8.15. The van der Waals surface area contributed by atoms with Crippen LogP contribution in [0.15, 0.2) is 59.6 Å². The van der Waals surface area contributed by atoms with Gasteiger partial charge in [-0.1, -0.05) is 65.8 Å². The Morgan fingerprint density at radius 2 is 1.92 bits per heavy atom. The number of thioether (sulfide) groups is 1. The maximum atomic E-state index is 12.2. The van der Waals surface area contributed by atoms with Crippen LogP contribution in [-0.2, 0) is 9.59 Å². The zero-order chi connectivity index (χ0) is 18.5. The summed E-state index contributed by atoms with van der Waals surface area (Å²) in [5, 5.41) is 5.99. The molecule has 2 N–H and O–H groups in total. The monoisotopic (exact) mass is 387 g/mol. The van der Waals surface area contributed by atoms with Crippen LogP contribution in [-0.4, -0.2) is 22.2 Å². The van der Waals surface area contributed by atoms with Gasteiger partial charge in [-0.3, -0.25) is 14.6 Å². The number of benzene rings is 2. The Balaban J connectivity index is 1.60. The van der Waals surface area contributed by atoms with Crippen molar-refractivity contribution in [3.63, 3.8) is 0 Å². The maximum Gasteiger partial charge on any atom is 0.240 e. The molecule has 2 aromatic rings. The van der Waals surface area contributed by atoms with Gasteiger partial charge in [-0.2, -0.15) is 0 Å². The Morgan fingerprint density at radius 3 is 2.65 bits per heavy atom. The number of aliphatic imine (C=N–C) groups is 1. The number of amidine groups is 1. The van der Waals surface area contributed by atoms with Crippen molar-refractivity contribution in [3.05, 3.63) is 65.2 Å². The number of carbonyl (C=O) groups excluding carboxylic acids is 2. The lowest BCUT2D eigenvalue weighted by molar-refractivity contribution is -0.122. The number of nitrogens with zero attached hydrogens (tertiary/aromatic N) is 1. The third-order valence-electron chi connectivity index (χ3n) is 3.89. The summed E-state index contributed by atoms with van der Waals surface area (Å²) in [6.45, 7) is 1.96. The molecule has 1 aliphatic heterocycles. The minimum atomic E-state index is -0.501. The molecule has 2 atom stereocenters. The normalized spacial score (nSPS) is 19.2. The summed E-state index contributed by atoms with van der Waals surface area (Å²) in [7, 11) is 0. The van der Waals surface area contributed by atoms with Gasteiger partial charge in [-0.05, 0) is 24.6 Å². The van der Waals surface area contributed by atoms with Gasteiger partial charge in [0.05, 0.1) is 16.8 Å². The second-order valence-corrected chi connectivity index (χ2v) is 7.45. The zero-order valence-electron chi connectivity index (χ0n) is 14.1. The van der Waals surface area contributed by atoms with Crippen LogP contribution in [0.5, 0.6) is 0 Å². The molecule has 134 valence electrons.